The maximum atomic E-state index is 3.74. The molecule has 0 aromatic heterocycles. The molecule has 0 bridgehead atoms. The molecule has 1 aromatic carbocycles. The molecule has 1 atom stereocenters. The summed E-state index contributed by atoms with van der Waals surface area (Å²) in [6.07, 6.45) is 4.02. The summed E-state index contributed by atoms with van der Waals surface area (Å²) in [5.74, 6) is 0. The average Bonchev–Trinajstić information content (AvgIpc) is 2.25. The summed E-state index contributed by atoms with van der Waals surface area (Å²) in [4.78, 5) is 2.40. The first-order valence-corrected chi connectivity index (χ1v) is 7.42. The molecule has 0 saturated heterocycles. The smallest absolute Gasteiger partial charge is 0.0328 e. The zero-order valence-corrected chi connectivity index (χ0v) is 13.1. The van der Waals surface area contributed by atoms with Crippen LogP contribution in [-0.4, -0.2) is 31.1 Å². The van der Waals surface area contributed by atoms with Gasteiger partial charge in [-0.2, -0.15) is 0 Å². The van der Waals surface area contributed by atoms with Crippen molar-refractivity contribution in [3.63, 3.8) is 0 Å². The number of nitrogens with zero attached hydrogens (tertiary/aromatic N) is 1. The van der Waals surface area contributed by atoms with Crippen molar-refractivity contribution in [3.05, 3.63) is 34.9 Å². The fourth-order valence-corrected chi connectivity index (χ4v) is 3.09. The van der Waals surface area contributed by atoms with E-state index in [0.29, 0.717) is 11.6 Å². The zero-order valence-electron chi connectivity index (χ0n) is 13.1. The molecule has 0 aliphatic heterocycles. The van der Waals surface area contributed by atoms with Gasteiger partial charge in [0.25, 0.3) is 0 Å². The highest BCUT2D eigenvalue weighted by Crippen LogP contribution is 2.36. The summed E-state index contributed by atoms with van der Waals surface area (Å²) in [5.41, 5.74) is 4.52. The molecule has 0 heterocycles. The minimum Gasteiger partial charge on any atom is -0.308 e. The van der Waals surface area contributed by atoms with Gasteiger partial charge in [0.05, 0.1) is 0 Å². The maximum absolute atomic E-state index is 3.74. The van der Waals surface area contributed by atoms with E-state index in [0.717, 1.165) is 6.54 Å². The second-order valence-electron chi connectivity index (χ2n) is 6.50. The molecule has 19 heavy (non-hydrogen) atoms. The summed E-state index contributed by atoms with van der Waals surface area (Å²) < 4.78 is 0. The van der Waals surface area contributed by atoms with Crippen LogP contribution in [-0.2, 0) is 0 Å². The highest BCUT2D eigenvalue weighted by Gasteiger charge is 2.38. The molecule has 1 saturated carbocycles. The van der Waals surface area contributed by atoms with E-state index in [1.54, 1.807) is 0 Å². The molecular weight excluding hydrogens is 232 g/mol. The molecule has 1 aliphatic carbocycles. The van der Waals surface area contributed by atoms with Crippen molar-refractivity contribution >= 4 is 0 Å². The van der Waals surface area contributed by atoms with Gasteiger partial charge in [-0.3, -0.25) is 0 Å². The second kappa shape index (κ2) is 5.64. The second-order valence-corrected chi connectivity index (χ2v) is 6.50. The summed E-state index contributed by atoms with van der Waals surface area (Å²) >= 11 is 0. The number of likely N-dealkylation sites (N-methyl/N-ethyl adjacent to an activating group) is 1. The molecule has 1 aromatic rings. The van der Waals surface area contributed by atoms with Crippen LogP contribution in [0.3, 0.4) is 0 Å². The quantitative estimate of drug-likeness (QED) is 0.872. The lowest BCUT2D eigenvalue weighted by Crippen LogP contribution is -2.56. The molecule has 2 heteroatoms. The summed E-state index contributed by atoms with van der Waals surface area (Å²) in [6.45, 7) is 7.72. The van der Waals surface area contributed by atoms with Gasteiger partial charge in [-0.25, -0.2) is 0 Å². The van der Waals surface area contributed by atoms with Crippen molar-refractivity contribution in [2.75, 3.05) is 20.6 Å². The van der Waals surface area contributed by atoms with Crippen molar-refractivity contribution < 1.29 is 0 Å². The van der Waals surface area contributed by atoms with Gasteiger partial charge < -0.3 is 10.2 Å². The van der Waals surface area contributed by atoms with E-state index in [2.05, 4.69) is 63.3 Å². The lowest BCUT2D eigenvalue weighted by Gasteiger charge is -2.48. The van der Waals surface area contributed by atoms with Gasteiger partial charge in [-0.05, 0) is 59.7 Å². The Bertz CT molecular complexity index is 413. The van der Waals surface area contributed by atoms with E-state index >= 15 is 0 Å². The molecule has 0 radical (unpaired) electrons. The lowest BCUT2D eigenvalue weighted by atomic mass is 9.75. The van der Waals surface area contributed by atoms with Gasteiger partial charge >= 0.3 is 0 Å². The predicted octanol–water partition coefficient (Wildman–Crippen LogP) is 3.44. The van der Waals surface area contributed by atoms with Gasteiger partial charge in [0.2, 0.25) is 0 Å². The summed E-state index contributed by atoms with van der Waals surface area (Å²) in [6, 6.07) is 7.27. The van der Waals surface area contributed by atoms with Crippen molar-refractivity contribution in [3.8, 4) is 0 Å². The number of hydrogen-bond donors (Lipinski definition) is 1. The molecule has 1 aliphatic rings. The van der Waals surface area contributed by atoms with E-state index < -0.39 is 0 Å². The Morgan fingerprint density at radius 2 is 1.74 bits per heavy atom. The Labute approximate surface area is 118 Å². The van der Waals surface area contributed by atoms with Crippen LogP contribution in [0.2, 0.25) is 0 Å². The van der Waals surface area contributed by atoms with Crippen LogP contribution in [0.25, 0.3) is 0 Å². The maximum Gasteiger partial charge on any atom is 0.0328 e. The Hall–Kier alpha value is -0.860. The van der Waals surface area contributed by atoms with Crippen LogP contribution in [0.4, 0.5) is 0 Å². The molecule has 1 unspecified atom stereocenters. The standard InChI is InChI=1S/C17H28N2/c1-13-9-14(2)11-16(10-13)15(3)18-12-17(19(4)5)7-6-8-17/h9-11,15,18H,6-8,12H2,1-5H3. The van der Waals surface area contributed by atoms with Gasteiger partial charge in [0, 0.05) is 18.1 Å². The topological polar surface area (TPSA) is 15.3 Å². The van der Waals surface area contributed by atoms with Crippen LogP contribution in [0, 0.1) is 13.8 Å². The highest BCUT2D eigenvalue weighted by atomic mass is 15.2. The Kier molecular flexibility index (Phi) is 4.32. The first kappa shape index (κ1) is 14.5. The zero-order chi connectivity index (χ0) is 14.0. The number of aryl methyl sites for hydroxylation is 2. The molecule has 1 fully saturated rings. The van der Waals surface area contributed by atoms with Gasteiger partial charge in [-0.15, -0.1) is 0 Å². The number of nitrogens with one attached hydrogen (secondary N) is 1. The normalized spacial score (nSPS) is 19.3. The Morgan fingerprint density at radius 3 is 2.16 bits per heavy atom. The van der Waals surface area contributed by atoms with Crippen molar-refractivity contribution in [1.29, 1.82) is 0 Å². The number of hydrogen-bond acceptors (Lipinski definition) is 2. The Balaban J connectivity index is 1.99. The molecule has 0 spiro atoms. The fraction of sp³-hybridized carbons (Fsp3) is 0.647. The third-order valence-corrected chi connectivity index (χ3v) is 4.71. The number of benzene rings is 1. The van der Waals surface area contributed by atoms with E-state index in [1.807, 2.05) is 0 Å². The molecule has 2 nitrogen and oxygen atoms in total. The summed E-state index contributed by atoms with van der Waals surface area (Å²) in [7, 11) is 4.42. The SMILES string of the molecule is Cc1cc(C)cc(C(C)NCC2(N(C)C)CCC2)c1. The summed E-state index contributed by atoms with van der Waals surface area (Å²) in [5, 5.41) is 3.74. The van der Waals surface area contributed by atoms with E-state index in [-0.39, 0.29) is 0 Å². The van der Waals surface area contributed by atoms with Crippen LogP contribution in [0.15, 0.2) is 18.2 Å². The molecule has 0 amide bonds. The highest BCUT2D eigenvalue weighted by molar-refractivity contribution is 5.30. The van der Waals surface area contributed by atoms with Crippen LogP contribution in [0.5, 0.6) is 0 Å². The minimum atomic E-state index is 0.396. The van der Waals surface area contributed by atoms with Crippen molar-refractivity contribution in [2.24, 2.45) is 0 Å². The van der Waals surface area contributed by atoms with E-state index in [9.17, 15) is 0 Å². The van der Waals surface area contributed by atoms with Crippen molar-refractivity contribution in [1.82, 2.24) is 10.2 Å². The molecule has 1 N–H and O–H groups in total. The first-order valence-electron chi connectivity index (χ1n) is 7.42. The van der Waals surface area contributed by atoms with Crippen molar-refractivity contribution in [2.45, 2.75) is 51.6 Å². The number of rotatable bonds is 5. The first-order chi connectivity index (χ1) is 8.93. The van der Waals surface area contributed by atoms with Gasteiger partial charge in [0.1, 0.15) is 0 Å². The third-order valence-electron chi connectivity index (χ3n) is 4.71. The third kappa shape index (κ3) is 3.18. The average molecular weight is 260 g/mol. The molecule has 2 rings (SSSR count). The Morgan fingerprint density at radius 1 is 1.16 bits per heavy atom. The molecular formula is C17H28N2. The van der Waals surface area contributed by atoms with E-state index in [1.165, 1.54) is 36.0 Å². The van der Waals surface area contributed by atoms with E-state index in [4.69, 9.17) is 0 Å². The van der Waals surface area contributed by atoms with Crippen LogP contribution in [0.1, 0.15) is 48.9 Å². The van der Waals surface area contributed by atoms with Crippen LogP contribution >= 0.6 is 0 Å². The fourth-order valence-electron chi connectivity index (χ4n) is 3.09. The largest absolute Gasteiger partial charge is 0.308 e. The predicted molar refractivity (Wildman–Crippen MR) is 82.6 cm³/mol. The van der Waals surface area contributed by atoms with Gasteiger partial charge in [0.15, 0.2) is 0 Å². The van der Waals surface area contributed by atoms with Gasteiger partial charge in [-0.1, -0.05) is 29.3 Å². The molecule has 106 valence electrons. The lowest BCUT2D eigenvalue weighted by molar-refractivity contribution is 0.0576. The minimum absolute atomic E-state index is 0.396. The van der Waals surface area contributed by atoms with Crippen LogP contribution < -0.4 is 5.32 Å². The monoisotopic (exact) mass is 260 g/mol.